The lowest BCUT2D eigenvalue weighted by atomic mass is 10.0. The maximum Gasteiger partial charge on any atom is 0.511 e. The van der Waals surface area contributed by atoms with Crippen LogP contribution in [0.3, 0.4) is 0 Å². The number of aromatic nitrogens is 1. The number of para-hydroxylation sites is 1. The van der Waals surface area contributed by atoms with Gasteiger partial charge in [0.05, 0.1) is 28.4 Å². The molecule has 20 heteroatoms. The summed E-state index contributed by atoms with van der Waals surface area (Å²) >= 11 is 6.11. The number of rotatable bonds is 10. The van der Waals surface area contributed by atoms with E-state index in [1.54, 1.807) is 17.9 Å². The summed E-state index contributed by atoms with van der Waals surface area (Å²) in [4.78, 5) is 75.8. The minimum Gasteiger partial charge on any atom is -0.436 e. The molecule has 4 heterocycles. The Kier molecular flexibility index (Phi) is 13.8. The lowest BCUT2D eigenvalue weighted by Gasteiger charge is -2.39. The number of anilines is 3. The van der Waals surface area contributed by atoms with Crippen molar-refractivity contribution in [1.29, 1.82) is 0 Å². The number of hydrogen-bond acceptors (Lipinski definition) is 12. The van der Waals surface area contributed by atoms with E-state index in [0.29, 0.717) is 31.6 Å². The van der Waals surface area contributed by atoms with Crippen molar-refractivity contribution in [3.05, 3.63) is 82.0 Å². The molecular formula is C40H45ClF3N7O9. The Bertz CT molecular complexity index is 2060. The van der Waals surface area contributed by atoms with Gasteiger partial charge in [-0.05, 0) is 67.6 Å². The van der Waals surface area contributed by atoms with E-state index >= 15 is 0 Å². The molecule has 3 aliphatic rings. The first-order valence-electron chi connectivity index (χ1n) is 19.4. The highest BCUT2D eigenvalue weighted by Crippen LogP contribution is 2.38. The van der Waals surface area contributed by atoms with E-state index in [4.69, 9.17) is 31.5 Å². The largest absolute Gasteiger partial charge is 0.511 e. The number of pyridine rings is 1. The molecule has 2 saturated heterocycles. The second kappa shape index (κ2) is 18.9. The van der Waals surface area contributed by atoms with Gasteiger partial charge in [-0.25, -0.2) is 24.2 Å². The number of amides is 4. The van der Waals surface area contributed by atoms with E-state index in [1.165, 1.54) is 35.1 Å². The van der Waals surface area contributed by atoms with Crippen molar-refractivity contribution in [2.45, 2.75) is 64.1 Å². The fourth-order valence-electron chi connectivity index (χ4n) is 7.30. The van der Waals surface area contributed by atoms with Gasteiger partial charge in [0.25, 0.3) is 5.91 Å². The summed E-state index contributed by atoms with van der Waals surface area (Å²) in [5.41, 5.74) is 5.68. The van der Waals surface area contributed by atoms with Crippen LogP contribution in [-0.2, 0) is 42.8 Å². The molecule has 6 rings (SSSR count). The molecular weight excluding hydrogens is 815 g/mol. The van der Waals surface area contributed by atoms with Crippen LogP contribution in [0.2, 0.25) is 5.02 Å². The molecule has 1 aromatic heterocycles. The zero-order valence-corrected chi connectivity index (χ0v) is 33.7. The monoisotopic (exact) mass is 859 g/mol. The van der Waals surface area contributed by atoms with Crippen LogP contribution >= 0.6 is 11.6 Å². The number of ether oxygens (including phenoxy) is 4. The second-order valence-electron chi connectivity index (χ2n) is 14.4. The van der Waals surface area contributed by atoms with Crippen molar-refractivity contribution in [3.8, 4) is 0 Å². The highest BCUT2D eigenvalue weighted by atomic mass is 35.5. The van der Waals surface area contributed by atoms with Gasteiger partial charge in [-0.1, -0.05) is 29.8 Å². The van der Waals surface area contributed by atoms with E-state index in [-0.39, 0.29) is 74.1 Å². The first-order valence-corrected chi connectivity index (χ1v) is 19.8. The molecule has 60 heavy (non-hydrogen) atoms. The predicted octanol–water partition coefficient (Wildman–Crippen LogP) is 5.96. The van der Waals surface area contributed by atoms with Gasteiger partial charge in [0.15, 0.2) is 6.10 Å². The van der Waals surface area contributed by atoms with E-state index in [0.717, 1.165) is 17.3 Å². The maximum atomic E-state index is 14.1. The smallest absolute Gasteiger partial charge is 0.436 e. The first kappa shape index (κ1) is 43.6. The summed E-state index contributed by atoms with van der Waals surface area (Å²) in [7, 11) is 0. The number of fused-ring (bicyclic) bond motifs is 1. The second-order valence-corrected chi connectivity index (χ2v) is 14.8. The Balaban J connectivity index is 1.09. The van der Waals surface area contributed by atoms with Crippen molar-refractivity contribution in [1.82, 2.24) is 19.7 Å². The van der Waals surface area contributed by atoms with E-state index in [1.807, 2.05) is 29.2 Å². The Morgan fingerprint density at radius 1 is 0.950 bits per heavy atom. The van der Waals surface area contributed by atoms with Crippen LogP contribution in [0.1, 0.15) is 53.7 Å². The Hall–Kier alpha value is -5.98. The number of benzene rings is 2. The Labute approximate surface area is 348 Å². The highest BCUT2D eigenvalue weighted by molar-refractivity contribution is 6.33. The number of nitrogens with two attached hydrogens (primary N) is 1. The van der Waals surface area contributed by atoms with Gasteiger partial charge < -0.3 is 49.6 Å². The van der Waals surface area contributed by atoms with Crippen molar-refractivity contribution in [3.63, 3.8) is 0 Å². The molecule has 3 N–H and O–H groups in total. The molecule has 4 amide bonds. The summed E-state index contributed by atoms with van der Waals surface area (Å²) in [6.07, 6.45) is -6.94. The summed E-state index contributed by atoms with van der Waals surface area (Å²) in [5, 5.41) is 2.60. The maximum absolute atomic E-state index is 14.1. The van der Waals surface area contributed by atoms with Crippen LogP contribution in [-0.4, -0.2) is 121 Å². The fourth-order valence-corrected chi connectivity index (χ4v) is 7.54. The minimum absolute atomic E-state index is 0.0112. The zero-order valence-electron chi connectivity index (χ0n) is 32.9. The number of nitrogens with one attached hydrogen (secondary N) is 1. The molecule has 3 aromatic rings. The van der Waals surface area contributed by atoms with Crippen LogP contribution in [0.4, 0.5) is 44.7 Å². The molecule has 3 aliphatic heterocycles. The average molecular weight is 860 g/mol. The number of nitrogens with zero attached hydrogens (tertiary/aromatic N) is 5. The number of piperidine rings is 1. The van der Waals surface area contributed by atoms with E-state index in [9.17, 15) is 37.1 Å². The quantitative estimate of drug-likeness (QED) is 0.106. The van der Waals surface area contributed by atoms with Gasteiger partial charge in [-0.15, -0.1) is 0 Å². The molecule has 2 fully saturated rings. The number of piperazine rings is 1. The molecule has 1 unspecified atom stereocenters. The third-order valence-corrected chi connectivity index (χ3v) is 10.7. The molecule has 0 radical (unpaired) electrons. The van der Waals surface area contributed by atoms with Gasteiger partial charge in [0.1, 0.15) is 5.82 Å². The molecule has 16 nitrogen and oxygen atoms in total. The summed E-state index contributed by atoms with van der Waals surface area (Å²) < 4.78 is 62.1. The van der Waals surface area contributed by atoms with Gasteiger partial charge >= 0.3 is 30.4 Å². The number of alkyl halides is 3. The van der Waals surface area contributed by atoms with Crippen molar-refractivity contribution < 1.29 is 56.1 Å². The average Bonchev–Trinajstić information content (AvgIpc) is 3.39. The van der Waals surface area contributed by atoms with Crippen LogP contribution in [0.5, 0.6) is 0 Å². The molecule has 0 bridgehead atoms. The third kappa shape index (κ3) is 10.6. The molecule has 0 aliphatic carbocycles. The van der Waals surface area contributed by atoms with E-state index < -0.39 is 60.4 Å². The topological polar surface area (TPSA) is 186 Å². The van der Waals surface area contributed by atoms with E-state index in [2.05, 4.69) is 15.0 Å². The predicted molar refractivity (Wildman–Crippen MR) is 211 cm³/mol. The number of carbonyl (C=O) groups excluding carboxylic acids is 5. The van der Waals surface area contributed by atoms with Gasteiger partial charge in [-0.2, -0.15) is 13.2 Å². The Morgan fingerprint density at radius 3 is 2.33 bits per heavy atom. The Morgan fingerprint density at radius 2 is 1.67 bits per heavy atom. The van der Waals surface area contributed by atoms with Gasteiger partial charge in [-0.3, -0.25) is 4.79 Å². The van der Waals surface area contributed by atoms with Crippen molar-refractivity contribution in [2.24, 2.45) is 0 Å². The number of carbonyl (C=O) groups is 5. The molecule has 2 atom stereocenters. The SMILES string of the molecule is CCOC(=O)OC(C)OC(=O)c1ccc(N2CCN(C(=O)[C@@H](Cc3cc(Cl)c(N)c(C(F)(F)F)c3)OC(=O)N3CCC(N4CCc5ccccc5NC4=O)CC3)CC2)nc1. The van der Waals surface area contributed by atoms with Crippen LogP contribution in [0.25, 0.3) is 0 Å². The number of likely N-dealkylation sites (tertiary alicyclic amines) is 1. The van der Waals surface area contributed by atoms with Crippen LogP contribution in [0.15, 0.2) is 54.7 Å². The molecule has 0 saturated carbocycles. The minimum atomic E-state index is -4.84. The normalized spacial score (nSPS) is 17.1. The standard InChI is InChI=1S/C40H45ClF3N7O9/c1-3-57-39(56)59-24(2)58-36(53)27-8-9-33(46-23-27)48-16-18-49(19-17-48)35(52)32(22-25-20-29(40(42,43)44)34(45)30(41)21-25)60-38(55)50-13-11-28(12-14-50)51-15-10-26-6-4-5-7-31(26)47-37(51)54/h4-9,20-21,23-24,28,32H,3,10-19,22,45H2,1-2H3,(H,47,54)/t24?,32-/m1/s1. The summed E-state index contributed by atoms with van der Waals surface area (Å²) in [5.74, 6) is -0.920. The lowest BCUT2D eigenvalue weighted by molar-refractivity contribution is -0.141. The summed E-state index contributed by atoms with van der Waals surface area (Å²) in [6.45, 7) is 4.82. The third-order valence-electron chi connectivity index (χ3n) is 10.4. The fraction of sp³-hybridized carbons (Fsp3) is 0.450. The van der Waals surface area contributed by atoms with Gasteiger partial charge in [0, 0.05) is 77.1 Å². The molecule has 0 spiro atoms. The zero-order chi connectivity index (χ0) is 43.1. The number of hydrogen-bond donors (Lipinski definition) is 2. The first-order chi connectivity index (χ1) is 28.6. The molecule has 322 valence electrons. The van der Waals surface area contributed by atoms with Crippen LogP contribution in [0, 0.1) is 0 Å². The lowest BCUT2D eigenvalue weighted by Crippen LogP contribution is -2.54. The van der Waals surface area contributed by atoms with Crippen molar-refractivity contribution >= 4 is 58.9 Å². The van der Waals surface area contributed by atoms with Crippen molar-refractivity contribution in [2.75, 3.05) is 68.4 Å². The highest BCUT2D eigenvalue weighted by Gasteiger charge is 2.38. The number of halogens is 4. The number of nitrogen functional groups attached to an aromatic ring is 1. The summed E-state index contributed by atoms with van der Waals surface area (Å²) in [6, 6.07) is 12.3. The number of esters is 1. The van der Waals surface area contributed by atoms with Crippen LogP contribution < -0.4 is 16.0 Å². The van der Waals surface area contributed by atoms with Gasteiger partial charge in [0.2, 0.25) is 6.29 Å². The molecule has 2 aromatic carbocycles. The number of urea groups is 1.